The van der Waals surface area contributed by atoms with Crippen LogP contribution in [-0.4, -0.2) is 15.7 Å². The first-order valence-corrected chi connectivity index (χ1v) is 7.73. The highest BCUT2D eigenvalue weighted by Gasteiger charge is 2.27. The molecule has 104 valence electrons. The Bertz CT molecular complexity index is 532. The molecule has 0 aliphatic rings. The van der Waals surface area contributed by atoms with Gasteiger partial charge in [-0.15, -0.1) is 11.6 Å². The van der Waals surface area contributed by atoms with Crippen LogP contribution in [0.1, 0.15) is 39.3 Å². The second-order valence-electron chi connectivity index (χ2n) is 5.30. The van der Waals surface area contributed by atoms with Crippen LogP contribution in [0.5, 0.6) is 0 Å². The highest BCUT2D eigenvalue weighted by Crippen LogP contribution is 2.34. The number of hydrogen-bond donors (Lipinski definition) is 0. The maximum atomic E-state index is 6.23. The molecule has 0 saturated heterocycles. The molecule has 0 unspecified atom stereocenters. The van der Waals surface area contributed by atoms with Gasteiger partial charge in [0.15, 0.2) is 0 Å². The van der Waals surface area contributed by atoms with E-state index in [1.807, 2.05) is 0 Å². The summed E-state index contributed by atoms with van der Waals surface area (Å²) in [4.78, 5) is 0. The number of hydrogen-bond acceptors (Lipinski definition) is 1. The average Bonchev–Trinajstić information content (AvgIpc) is 2.83. The molecule has 3 heteroatoms. The summed E-state index contributed by atoms with van der Waals surface area (Å²) < 4.78 is 2.09. The van der Waals surface area contributed by atoms with E-state index in [0.29, 0.717) is 5.88 Å². The van der Waals surface area contributed by atoms with Crippen molar-refractivity contribution in [3.05, 3.63) is 30.0 Å². The molecular formula is C16H23ClN2. The summed E-state index contributed by atoms with van der Waals surface area (Å²) in [5, 5.41) is 6.07. The summed E-state index contributed by atoms with van der Waals surface area (Å²) in [7, 11) is 0. The Morgan fingerprint density at radius 3 is 2.42 bits per heavy atom. The molecular weight excluding hydrogens is 256 g/mol. The van der Waals surface area contributed by atoms with Crippen LogP contribution >= 0.6 is 11.6 Å². The Labute approximate surface area is 120 Å². The third-order valence-corrected chi connectivity index (χ3v) is 4.93. The molecule has 1 aromatic carbocycles. The number of benzene rings is 1. The molecule has 0 fully saturated rings. The minimum atomic E-state index is 0.178. The van der Waals surface area contributed by atoms with Gasteiger partial charge in [-0.05, 0) is 37.7 Å². The van der Waals surface area contributed by atoms with Crippen LogP contribution in [0.15, 0.2) is 24.3 Å². The molecule has 0 bridgehead atoms. The zero-order chi connectivity index (χ0) is 13.9. The lowest BCUT2D eigenvalue weighted by atomic mass is 9.79. The molecule has 1 aromatic heterocycles. The fraction of sp³-hybridized carbons (Fsp3) is 0.562. The van der Waals surface area contributed by atoms with Gasteiger partial charge < -0.3 is 0 Å². The lowest BCUT2D eigenvalue weighted by Gasteiger charge is -2.28. The lowest BCUT2D eigenvalue weighted by Crippen LogP contribution is -2.24. The Kier molecular flexibility index (Phi) is 4.51. The number of alkyl halides is 1. The Hall–Kier alpha value is -1.02. The van der Waals surface area contributed by atoms with E-state index in [1.54, 1.807) is 0 Å². The predicted molar refractivity (Wildman–Crippen MR) is 82.8 cm³/mol. The molecule has 2 rings (SSSR count). The maximum Gasteiger partial charge on any atom is 0.0709 e. The fourth-order valence-corrected chi connectivity index (χ4v) is 3.13. The zero-order valence-electron chi connectivity index (χ0n) is 12.1. The van der Waals surface area contributed by atoms with E-state index >= 15 is 0 Å². The topological polar surface area (TPSA) is 17.8 Å². The van der Waals surface area contributed by atoms with Gasteiger partial charge in [0.05, 0.1) is 11.2 Å². The Morgan fingerprint density at radius 1 is 1.16 bits per heavy atom. The lowest BCUT2D eigenvalue weighted by molar-refractivity contribution is 0.298. The number of aryl methyl sites for hydroxylation is 1. The zero-order valence-corrected chi connectivity index (χ0v) is 12.9. The van der Waals surface area contributed by atoms with Gasteiger partial charge in [-0.2, -0.15) is 5.10 Å². The monoisotopic (exact) mass is 278 g/mol. The van der Waals surface area contributed by atoms with Crippen molar-refractivity contribution in [3.8, 4) is 0 Å². The maximum absolute atomic E-state index is 6.23. The van der Waals surface area contributed by atoms with E-state index in [2.05, 4.69) is 49.7 Å². The van der Waals surface area contributed by atoms with Gasteiger partial charge in [-0.3, -0.25) is 4.68 Å². The largest absolute Gasteiger partial charge is 0.265 e. The van der Waals surface area contributed by atoms with Gasteiger partial charge in [0.2, 0.25) is 0 Å². The van der Waals surface area contributed by atoms with Crippen LogP contribution in [0.25, 0.3) is 10.9 Å². The standard InChI is InChI=1S/C16H23ClN2/c1-4-16(5-2,12-17)11-14-13-9-7-8-10-15(13)19(6-3)18-14/h7-10H,4-6,11-12H2,1-3H3. The van der Waals surface area contributed by atoms with Crippen molar-refractivity contribution in [2.24, 2.45) is 5.41 Å². The molecule has 0 atom stereocenters. The van der Waals surface area contributed by atoms with E-state index in [1.165, 1.54) is 16.6 Å². The van der Waals surface area contributed by atoms with Gasteiger partial charge >= 0.3 is 0 Å². The van der Waals surface area contributed by atoms with Crippen LogP contribution in [0.4, 0.5) is 0 Å². The molecule has 0 N–H and O–H groups in total. The molecule has 0 saturated carbocycles. The molecule has 0 amide bonds. The van der Waals surface area contributed by atoms with Crippen LogP contribution in [-0.2, 0) is 13.0 Å². The van der Waals surface area contributed by atoms with Crippen molar-refractivity contribution in [1.29, 1.82) is 0 Å². The van der Waals surface area contributed by atoms with Crippen LogP contribution in [0, 0.1) is 5.41 Å². The van der Waals surface area contributed by atoms with Crippen LogP contribution < -0.4 is 0 Å². The minimum Gasteiger partial charge on any atom is -0.265 e. The molecule has 0 spiro atoms. The second kappa shape index (κ2) is 5.96. The summed E-state index contributed by atoms with van der Waals surface area (Å²) >= 11 is 6.23. The first kappa shape index (κ1) is 14.4. The number of para-hydroxylation sites is 1. The summed E-state index contributed by atoms with van der Waals surface area (Å²) in [5.41, 5.74) is 2.61. The molecule has 0 aliphatic heterocycles. The summed E-state index contributed by atoms with van der Waals surface area (Å²) in [6.07, 6.45) is 3.16. The van der Waals surface area contributed by atoms with Crippen molar-refractivity contribution in [2.45, 2.75) is 46.6 Å². The Balaban J connectivity index is 2.45. The van der Waals surface area contributed by atoms with Gasteiger partial charge in [0.25, 0.3) is 0 Å². The van der Waals surface area contributed by atoms with Crippen molar-refractivity contribution >= 4 is 22.5 Å². The summed E-state index contributed by atoms with van der Waals surface area (Å²) in [6, 6.07) is 8.49. The summed E-state index contributed by atoms with van der Waals surface area (Å²) in [6.45, 7) is 7.50. The quantitative estimate of drug-likeness (QED) is 0.704. The van der Waals surface area contributed by atoms with Gasteiger partial charge in [0.1, 0.15) is 0 Å². The molecule has 2 aromatic rings. The number of nitrogens with zero attached hydrogens (tertiary/aromatic N) is 2. The number of halogens is 1. The van der Waals surface area contributed by atoms with E-state index in [-0.39, 0.29) is 5.41 Å². The molecule has 19 heavy (non-hydrogen) atoms. The molecule has 0 aliphatic carbocycles. The van der Waals surface area contributed by atoms with E-state index in [9.17, 15) is 0 Å². The third-order valence-electron chi connectivity index (χ3n) is 4.36. The van der Waals surface area contributed by atoms with Crippen LogP contribution in [0.2, 0.25) is 0 Å². The third kappa shape index (κ3) is 2.64. The van der Waals surface area contributed by atoms with Crippen molar-refractivity contribution in [2.75, 3.05) is 5.88 Å². The van der Waals surface area contributed by atoms with Crippen molar-refractivity contribution in [3.63, 3.8) is 0 Å². The Morgan fingerprint density at radius 2 is 1.84 bits per heavy atom. The predicted octanol–water partition coefficient (Wildman–Crippen LogP) is 4.64. The van der Waals surface area contributed by atoms with E-state index < -0.39 is 0 Å². The van der Waals surface area contributed by atoms with E-state index in [0.717, 1.165) is 25.8 Å². The van der Waals surface area contributed by atoms with Gasteiger partial charge in [0, 0.05) is 17.8 Å². The highest BCUT2D eigenvalue weighted by molar-refractivity contribution is 6.18. The number of aromatic nitrogens is 2. The van der Waals surface area contributed by atoms with Gasteiger partial charge in [-0.1, -0.05) is 32.0 Å². The average molecular weight is 279 g/mol. The number of rotatable bonds is 6. The second-order valence-corrected chi connectivity index (χ2v) is 5.56. The molecule has 1 heterocycles. The smallest absolute Gasteiger partial charge is 0.0709 e. The first-order valence-electron chi connectivity index (χ1n) is 7.20. The number of fused-ring (bicyclic) bond motifs is 1. The fourth-order valence-electron chi connectivity index (χ4n) is 2.66. The molecule has 0 radical (unpaired) electrons. The first-order chi connectivity index (χ1) is 9.19. The normalized spacial score (nSPS) is 12.2. The minimum absolute atomic E-state index is 0.178. The molecule has 2 nitrogen and oxygen atoms in total. The van der Waals surface area contributed by atoms with Crippen molar-refractivity contribution in [1.82, 2.24) is 9.78 Å². The van der Waals surface area contributed by atoms with Gasteiger partial charge in [-0.25, -0.2) is 0 Å². The SMILES string of the molecule is CCn1nc(CC(CC)(CC)CCl)c2ccccc21. The van der Waals surface area contributed by atoms with Crippen molar-refractivity contribution < 1.29 is 0 Å². The van der Waals surface area contributed by atoms with Crippen LogP contribution in [0.3, 0.4) is 0 Å². The van der Waals surface area contributed by atoms with E-state index in [4.69, 9.17) is 16.7 Å². The summed E-state index contributed by atoms with van der Waals surface area (Å²) in [5.74, 6) is 0.702. The highest BCUT2D eigenvalue weighted by atomic mass is 35.5.